The lowest BCUT2D eigenvalue weighted by molar-refractivity contribution is 0.645. The van der Waals surface area contributed by atoms with Crippen LogP contribution in [0, 0.1) is 0 Å². The number of hydrogen-bond acceptors (Lipinski definition) is 3. The summed E-state index contributed by atoms with van der Waals surface area (Å²) in [5, 5.41) is 9.48. The number of hydrogen-bond donors (Lipinski definition) is 0. The summed E-state index contributed by atoms with van der Waals surface area (Å²) in [6.07, 6.45) is 0. The molecular weight excluding hydrogens is 945 g/mol. The summed E-state index contributed by atoms with van der Waals surface area (Å²) in [5.41, 5.74) is 20.0. The van der Waals surface area contributed by atoms with Crippen molar-refractivity contribution in [2.45, 2.75) is 19.3 Å². The maximum Gasteiger partial charge on any atom is 0.159 e. The van der Waals surface area contributed by atoms with E-state index in [-0.39, 0.29) is 5.41 Å². The van der Waals surface area contributed by atoms with Crippen LogP contribution in [-0.2, 0) is 5.41 Å². The molecule has 78 heavy (non-hydrogen) atoms. The van der Waals surface area contributed by atoms with Gasteiger partial charge in [-0.15, -0.1) is 0 Å². The van der Waals surface area contributed by atoms with E-state index in [1.807, 2.05) is 0 Å². The van der Waals surface area contributed by atoms with Gasteiger partial charge in [0, 0.05) is 44.3 Å². The molecule has 0 aliphatic heterocycles. The summed E-state index contributed by atoms with van der Waals surface area (Å²) in [7, 11) is 0. The minimum atomic E-state index is -0.382. The highest BCUT2D eigenvalue weighted by Crippen LogP contribution is 2.57. The molecule has 13 aromatic carbocycles. The Kier molecular flexibility index (Phi) is 10.6. The Morgan fingerprint density at radius 3 is 1.62 bits per heavy atom. The van der Waals surface area contributed by atoms with E-state index in [1.165, 1.54) is 88.0 Å². The average molecular weight is 997 g/mol. The molecule has 15 rings (SSSR count). The van der Waals surface area contributed by atoms with Crippen LogP contribution < -0.4 is 9.80 Å². The van der Waals surface area contributed by atoms with Crippen LogP contribution >= 0.6 is 0 Å². The lowest BCUT2D eigenvalue weighted by Crippen LogP contribution is -2.24. The summed E-state index contributed by atoms with van der Waals surface area (Å²) in [6, 6.07) is 102. The Bertz CT molecular complexity index is 4570. The van der Waals surface area contributed by atoms with Crippen molar-refractivity contribution in [2.75, 3.05) is 9.80 Å². The maximum atomic E-state index is 6.84. The van der Waals surface area contributed by atoms with Crippen LogP contribution in [-0.4, -0.2) is 0 Å². The van der Waals surface area contributed by atoms with Crippen molar-refractivity contribution in [3.05, 3.63) is 290 Å². The van der Waals surface area contributed by atoms with Crippen LogP contribution in [0.4, 0.5) is 34.1 Å². The predicted octanol–water partition coefficient (Wildman–Crippen LogP) is 21.3. The Labute approximate surface area is 454 Å². The van der Waals surface area contributed by atoms with E-state index in [4.69, 9.17) is 4.42 Å². The second-order valence-corrected chi connectivity index (χ2v) is 21.2. The minimum absolute atomic E-state index is 0.382. The highest BCUT2D eigenvalue weighted by molar-refractivity contribution is 6.25. The van der Waals surface area contributed by atoms with Crippen molar-refractivity contribution in [1.82, 2.24) is 0 Å². The molecule has 0 N–H and O–H groups in total. The first kappa shape index (κ1) is 45.4. The molecule has 0 bridgehead atoms. The van der Waals surface area contributed by atoms with Gasteiger partial charge in [-0.1, -0.05) is 220 Å². The predicted molar refractivity (Wildman–Crippen MR) is 329 cm³/mol. The van der Waals surface area contributed by atoms with E-state index in [2.05, 4.69) is 303 Å². The average Bonchev–Trinajstić information content (AvgIpc) is 3.11. The van der Waals surface area contributed by atoms with Crippen molar-refractivity contribution in [3.8, 4) is 44.5 Å². The lowest BCUT2D eigenvalue weighted by Gasteiger charge is -2.38. The van der Waals surface area contributed by atoms with Gasteiger partial charge in [-0.25, -0.2) is 0 Å². The third kappa shape index (κ3) is 7.27. The first-order valence-corrected chi connectivity index (χ1v) is 27.0. The Balaban J connectivity index is 0.974. The van der Waals surface area contributed by atoms with E-state index in [0.29, 0.717) is 0 Å². The molecule has 0 unspecified atom stereocenters. The lowest BCUT2D eigenvalue weighted by atomic mass is 9.66. The Morgan fingerprint density at radius 2 is 0.872 bits per heavy atom. The molecule has 14 aromatic rings. The zero-order valence-corrected chi connectivity index (χ0v) is 43.4. The highest BCUT2D eigenvalue weighted by Gasteiger charge is 2.37. The van der Waals surface area contributed by atoms with E-state index < -0.39 is 0 Å². The second kappa shape index (κ2) is 18.1. The van der Waals surface area contributed by atoms with E-state index in [0.717, 1.165) is 56.1 Å². The molecule has 368 valence electrons. The maximum absolute atomic E-state index is 6.84. The number of fused-ring (bicyclic) bond motifs is 8. The summed E-state index contributed by atoms with van der Waals surface area (Å²) in [5.74, 6) is 0. The summed E-state index contributed by atoms with van der Waals surface area (Å²) < 4.78 is 6.84. The first-order chi connectivity index (χ1) is 38.5. The molecule has 0 saturated heterocycles. The normalized spacial score (nSPS) is 12.6. The molecule has 1 heterocycles. The van der Waals surface area contributed by atoms with Gasteiger partial charge in [0.15, 0.2) is 5.58 Å². The molecule has 0 atom stereocenters. The van der Waals surface area contributed by atoms with Crippen molar-refractivity contribution in [2.24, 2.45) is 0 Å². The Morgan fingerprint density at radius 1 is 0.308 bits per heavy atom. The van der Waals surface area contributed by atoms with Gasteiger partial charge in [-0.2, -0.15) is 0 Å². The molecule has 1 aliphatic carbocycles. The largest absolute Gasteiger partial charge is 0.454 e. The molecule has 1 aromatic heterocycles. The van der Waals surface area contributed by atoms with Crippen molar-refractivity contribution in [3.63, 3.8) is 0 Å². The van der Waals surface area contributed by atoms with Gasteiger partial charge in [0.2, 0.25) is 0 Å². The van der Waals surface area contributed by atoms with Crippen LogP contribution in [0.5, 0.6) is 0 Å². The van der Waals surface area contributed by atoms with Crippen molar-refractivity contribution in [1.29, 1.82) is 0 Å². The molecule has 0 saturated carbocycles. The number of benzene rings is 13. The van der Waals surface area contributed by atoms with Crippen LogP contribution in [0.15, 0.2) is 283 Å². The van der Waals surface area contributed by atoms with Crippen molar-refractivity contribution < 1.29 is 4.42 Å². The molecule has 0 radical (unpaired) electrons. The summed E-state index contributed by atoms with van der Waals surface area (Å²) >= 11 is 0. The van der Waals surface area contributed by atoms with Gasteiger partial charge in [-0.05, 0) is 155 Å². The smallest absolute Gasteiger partial charge is 0.159 e. The van der Waals surface area contributed by atoms with Gasteiger partial charge in [-0.3, -0.25) is 0 Å². The van der Waals surface area contributed by atoms with E-state index >= 15 is 0 Å². The molecular formula is C75H52N2O. The minimum Gasteiger partial charge on any atom is -0.454 e. The molecule has 0 fully saturated rings. The SMILES string of the molecule is CC1(C)c2cc(N(c3ccccc3)c3cc(-c4ccccc4)cc(-c4ccccc4)c3)ccc2-c2c(-c3ccccc3)c3ccc(N(c4cccc5ccccc45)c4cccc5c4oc4ccccc45)cc3c3cccc1c23. The van der Waals surface area contributed by atoms with Crippen molar-refractivity contribution >= 4 is 88.4 Å². The summed E-state index contributed by atoms with van der Waals surface area (Å²) in [4.78, 5) is 4.86. The van der Waals surface area contributed by atoms with E-state index in [1.54, 1.807) is 0 Å². The fourth-order valence-corrected chi connectivity index (χ4v) is 12.7. The number of nitrogens with zero attached hydrogens (tertiary/aromatic N) is 2. The summed E-state index contributed by atoms with van der Waals surface area (Å²) in [6.45, 7) is 4.84. The van der Waals surface area contributed by atoms with Crippen LogP contribution in [0.25, 0.3) is 98.8 Å². The zero-order chi connectivity index (χ0) is 51.9. The topological polar surface area (TPSA) is 19.6 Å². The van der Waals surface area contributed by atoms with Gasteiger partial charge in [0.05, 0.1) is 11.4 Å². The number of furan rings is 1. The van der Waals surface area contributed by atoms with Crippen LogP contribution in [0.1, 0.15) is 25.0 Å². The Hall–Kier alpha value is -9.96. The third-order valence-corrected chi connectivity index (χ3v) is 16.4. The fraction of sp³-hybridized carbons (Fsp3) is 0.0400. The highest BCUT2D eigenvalue weighted by atomic mass is 16.3. The van der Waals surface area contributed by atoms with Gasteiger partial charge < -0.3 is 14.2 Å². The van der Waals surface area contributed by atoms with Gasteiger partial charge in [0.1, 0.15) is 5.58 Å². The van der Waals surface area contributed by atoms with Crippen LogP contribution in [0.3, 0.4) is 0 Å². The quantitative estimate of drug-likeness (QED) is 0.134. The number of rotatable bonds is 9. The molecule has 3 nitrogen and oxygen atoms in total. The standard InChI is InChI=1S/C75H52N2O/c1-75(2)66-36-20-34-61-65-47-56(77(68-37-19-29-51-26-15-16-32-59(51)68)69-38-21-35-63-60-33-17-18-39-70(60)78-74(63)69)40-42-62(65)71(52-27-11-5-12-28-52)73(72(61)66)64-43-41-57(48-67(64)75)76(55-30-13-6-14-31-55)58-45-53(49-22-7-3-8-23-49)44-54(46-58)50-24-9-4-10-25-50/h3-48H,1-2H3. The van der Waals surface area contributed by atoms with E-state index in [9.17, 15) is 0 Å². The second-order valence-electron chi connectivity index (χ2n) is 21.2. The first-order valence-electron chi connectivity index (χ1n) is 27.0. The molecule has 0 spiro atoms. The van der Waals surface area contributed by atoms with Gasteiger partial charge >= 0.3 is 0 Å². The molecule has 0 amide bonds. The molecule has 1 aliphatic rings. The number of para-hydroxylation sites is 3. The molecule has 3 heteroatoms. The fourth-order valence-electron chi connectivity index (χ4n) is 12.7. The van der Waals surface area contributed by atoms with Gasteiger partial charge in [0.25, 0.3) is 0 Å². The monoisotopic (exact) mass is 996 g/mol. The number of anilines is 6. The van der Waals surface area contributed by atoms with Crippen LogP contribution in [0.2, 0.25) is 0 Å². The third-order valence-electron chi connectivity index (χ3n) is 16.4. The zero-order valence-electron chi connectivity index (χ0n) is 43.4.